The first-order valence-electron chi connectivity index (χ1n) is 8.94. The van der Waals surface area contributed by atoms with Crippen LogP contribution < -0.4 is 5.32 Å². The SMILES string of the molecule is C[C@@H](NC(=O)C1CCN(Cc2ccccc2Cl)CC1)c1ccccc1. The van der Waals surface area contributed by atoms with Gasteiger partial charge in [0.25, 0.3) is 0 Å². The van der Waals surface area contributed by atoms with E-state index in [4.69, 9.17) is 11.6 Å². The second kappa shape index (κ2) is 8.50. The molecule has 4 heteroatoms. The fourth-order valence-corrected chi connectivity index (χ4v) is 3.57. The second-order valence-electron chi connectivity index (χ2n) is 6.78. The van der Waals surface area contributed by atoms with Crippen LogP contribution in [0.4, 0.5) is 0 Å². The van der Waals surface area contributed by atoms with Crippen molar-refractivity contribution in [3.8, 4) is 0 Å². The molecule has 0 unspecified atom stereocenters. The lowest BCUT2D eigenvalue weighted by atomic mass is 9.95. The van der Waals surface area contributed by atoms with Crippen molar-refractivity contribution in [3.05, 3.63) is 70.7 Å². The molecule has 3 rings (SSSR count). The van der Waals surface area contributed by atoms with Crippen molar-refractivity contribution in [2.24, 2.45) is 5.92 Å². The maximum Gasteiger partial charge on any atom is 0.223 e. The molecule has 1 N–H and O–H groups in total. The van der Waals surface area contributed by atoms with Gasteiger partial charge in [-0.2, -0.15) is 0 Å². The molecular formula is C21H25ClN2O. The van der Waals surface area contributed by atoms with Gasteiger partial charge in [-0.3, -0.25) is 9.69 Å². The van der Waals surface area contributed by atoms with E-state index in [9.17, 15) is 4.79 Å². The number of nitrogens with zero attached hydrogens (tertiary/aromatic N) is 1. The van der Waals surface area contributed by atoms with Gasteiger partial charge >= 0.3 is 0 Å². The van der Waals surface area contributed by atoms with Gasteiger partial charge in [0.15, 0.2) is 0 Å². The molecule has 1 aliphatic rings. The lowest BCUT2D eigenvalue weighted by molar-refractivity contribution is -0.127. The van der Waals surface area contributed by atoms with Crippen LogP contribution >= 0.6 is 11.6 Å². The number of hydrogen-bond acceptors (Lipinski definition) is 2. The zero-order valence-corrected chi connectivity index (χ0v) is 15.4. The van der Waals surface area contributed by atoms with Gasteiger partial charge in [0.1, 0.15) is 0 Å². The summed E-state index contributed by atoms with van der Waals surface area (Å²) in [7, 11) is 0. The summed E-state index contributed by atoms with van der Waals surface area (Å²) in [5, 5.41) is 3.98. The Balaban J connectivity index is 1.48. The molecule has 2 aromatic carbocycles. The number of benzene rings is 2. The Hall–Kier alpha value is -1.84. The number of nitrogens with one attached hydrogen (secondary N) is 1. The molecule has 1 saturated heterocycles. The molecule has 132 valence electrons. The van der Waals surface area contributed by atoms with Crippen molar-refractivity contribution in [1.29, 1.82) is 0 Å². The lowest BCUT2D eigenvalue weighted by Gasteiger charge is -2.32. The van der Waals surface area contributed by atoms with Gasteiger partial charge in [-0.15, -0.1) is 0 Å². The van der Waals surface area contributed by atoms with E-state index in [2.05, 4.69) is 28.4 Å². The zero-order valence-electron chi connectivity index (χ0n) is 14.6. The number of halogens is 1. The Kier molecular flexibility index (Phi) is 6.11. The molecule has 2 aromatic rings. The molecule has 1 aliphatic heterocycles. The summed E-state index contributed by atoms with van der Waals surface area (Å²) in [4.78, 5) is 14.9. The van der Waals surface area contributed by atoms with Crippen molar-refractivity contribution in [2.75, 3.05) is 13.1 Å². The van der Waals surface area contributed by atoms with Gasteiger partial charge in [-0.05, 0) is 50.0 Å². The summed E-state index contributed by atoms with van der Waals surface area (Å²) in [5.41, 5.74) is 2.30. The number of carbonyl (C=O) groups excluding carboxylic acids is 1. The quantitative estimate of drug-likeness (QED) is 0.859. The van der Waals surface area contributed by atoms with Gasteiger partial charge in [0, 0.05) is 17.5 Å². The largest absolute Gasteiger partial charge is 0.349 e. The van der Waals surface area contributed by atoms with E-state index in [1.165, 1.54) is 0 Å². The Bertz CT molecular complexity index is 696. The summed E-state index contributed by atoms with van der Waals surface area (Å²) in [6, 6.07) is 18.1. The molecule has 1 atom stereocenters. The number of amides is 1. The fraction of sp³-hybridized carbons (Fsp3) is 0.381. The molecular weight excluding hydrogens is 332 g/mol. The highest BCUT2D eigenvalue weighted by Crippen LogP contribution is 2.23. The third-order valence-electron chi connectivity index (χ3n) is 4.97. The van der Waals surface area contributed by atoms with Crippen molar-refractivity contribution in [3.63, 3.8) is 0 Å². The first kappa shape index (κ1) is 18.0. The summed E-state index contributed by atoms with van der Waals surface area (Å²) in [6.07, 6.45) is 1.80. The molecule has 3 nitrogen and oxygen atoms in total. The van der Waals surface area contributed by atoms with Gasteiger partial charge in [0.05, 0.1) is 6.04 Å². The van der Waals surface area contributed by atoms with E-state index < -0.39 is 0 Å². The predicted molar refractivity (Wildman–Crippen MR) is 102 cm³/mol. The topological polar surface area (TPSA) is 32.3 Å². The van der Waals surface area contributed by atoms with E-state index in [0.29, 0.717) is 0 Å². The van der Waals surface area contributed by atoms with E-state index in [0.717, 1.165) is 48.6 Å². The highest BCUT2D eigenvalue weighted by Gasteiger charge is 2.26. The van der Waals surface area contributed by atoms with E-state index >= 15 is 0 Å². The van der Waals surface area contributed by atoms with Crippen LogP contribution in [0.3, 0.4) is 0 Å². The van der Waals surface area contributed by atoms with E-state index in [1.54, 1.807) is 0 Å². The minimum absolute atomic E-state index is 0.0508. The van der Waals surface area contributed by atoms with E-state index in [-0.39, 0.29) is 17.9 Å². The standard InChI is InChI=1S/C21H25ClN2O/c1-16(17-7-3-2-4-8-17)23-21(25)18-11-13-24(14-12-18)15-19-9-5-6-10-20(19)22/h2-10,16,18H,11-15H2,1H3,(H,23,25)/t16-/m1/s1. The number of rotatable bonds is 5. The summed E-state index contributed by atoms with van der Waals surface area (Å²) in [6.45, 7) is 4.76. The van der Waals surface area contributed by atoms with Crippen LogP contribution in [0.25, 0.3) is 0 Å². The van der Waals surface area contributed by atoms with Crippen LogP contribution in [0.15, 0.2) is 54.6 Å². The Labute approximate surface area is 155 Å². The first-order chi connectivity index (χ1) is 12.1. The number of likely N-dealkylation sites (tertiary alicyclic amines) is 1. The fourth-order valence-electron chi connectivity index (χ4n) is 3.38. The van der Waals surface area contributed by atoms with Crippen molar-refractivity contribution in [2.45, 2.75) is 32.4 Å². The monoisotopic (exact) mass is 356 g/mol. The molecule has 0 bridgehead atoms. The zero-order chi connectivity index (χ0) is 17.6. The van der Waals surface area contributed by atoms with Crippen molar-refractivity contribution >= 4 is 17.5 Å². The van der Waals surface area contributed by atoms with E-state index in [1.807, 2.05) is 43.3 Å². The highest BCUT2D eigenvalue weighted by molar-refractivity contribution is 6.31. The minimum atomic E-state index is 0.0508. The van der Waals surface area contributed by atoms with Crippen LogP contribution in [0.5, 0.6) is 0 Å². The highest BCUT2D eigenvalue weighted by atomic mass is 35.5. The summed E-state index contributed by atoms with van der Waals surface area (Å²) >= 11 is 6.25. The third-order valence-corrected chi connectivity index (χ3v) is 5.34. The van der Waals surface area contributed by atoms with Crippen LogP contribution in [0, 0.1) is 5.92 Å². The number of hydrogen-bond donors (Lipinski definition) is 1. The summed E-state index contributed by atoms with van der Waals surface area (Å²) < 4.78 is 0. The minimum Gasteiger partial charge on any atom is -0.349 e. The van der Waals surface area contributed by atoms with Crippen LogP contribution in [0.1, 0.15) is 36.9 Å². The third kappa shape index (κ3) is 4.83. The van der Waals surface area contributed by atoms with Gasteiger partial charge in [-0.1, -0.05) is 60.1 Å². The molecule has 1 heterocycles. The second-order valence-corrected chi connectivity index (χ2v) is 7.19. The predicted octanol–water partition coefficient (Wildman–Crippen LogP) is 4.43. The average molecular weight is 357 g/mol. The van der Waals surface area contributed by atoms with Crippen molar-refractivity contribution < 1.29 is 4.79 Å². The molecule has 1 fully saturated rings. The summed E-state index contributed by atoms with van der Waals surface area (Å²) in [5.74, 6) is 0.280. The van der Waals surface area contributed by atoms with Gasteiger partial charge in [-0.25, -0.2) is 0 Å². The molecule has 0 aromatic heterocycles. The first-order valence-corrected chi connectivity index (χ1v) is 9.32. The molecule has 0 saturated carbocycles. The molecule has 0 radical (unpaired) electrons. The molecule has 0 aliphatic carbocycles. The van der Waals surface area contributed by atoms with Crippen LogP contribution in [-0.4, -0.2) is 23.9 Å². The molecule has 0 spiro atoms. The maximum absolute atomic E-state index is 12.6. The number of carbonyl (C=O) groups is 1. The average Bonchev–Trinajstić information content (AvgIpc) is 2.65. The normalized spacial score (nSPS) is 17.2. The Morgan fingerprint density at radius 2 is 1.76 bits per heavy atom. The molecule has 25 heavy (non-hydrogen) atoms. The van der Waals surface area contributed by atoms with Crippen molar-refractivity contribution in [1.82, 2.24) is 10.2 Å². The van der Waals surface area contributed by atoms with Crippen LogP contribution in [0.2, 0.25) is 5.02 Å². The maximum atomic E-state index is 12.6. The van der Waals surface area contributed by atoms with Gasteiger partial charge in [0.2, 0.25) is 5.91 Å². The lowest BCUT2D eigenvalue weighted by Crippen LogP contribution is -2.40. The molecule has 1 amide bonds. The van der Waals surface area contributed by atoms with Gasteiger partial charge < -0.3 is 5.32 Å². The smallest absolute Gasteiger partial charge is 0.223 e. The van der Waals surface area contributed by atoms with Crippen LogP contribution in [-0.2, 0) is 11.3 Å². The Morgan fingerprint density at radius 1 is 1.12 bits per heavy atom. The number of piperidine rings is 1. The Morgan fingerprint density at radius 3 is 2.44 bits per heavy atom.